The van der Waals surface area contributed by atoms with Crippen molar-refractivity contribution in [2.45, 2.75) is 31.6 Å². The van der Waals surface area contributed by atoms with Gasteiger partial charge >= 0.3 is 0 Å². The topological polar surface area (TPSA) is 29.9 Å². The Morgan fingerprint density at radius 1 is 0.839 bits per heavy atom. The number of anilines is 1. The van der Waals surface area contributed by atoms with Gasteiger partial charge in [-0.3, -0.25) is 0 Å². The Labute approximate surface area is 197 Å². The molecular formula is C27H26IN3. The van der Waals surface area contributed by atoms with Gasteiger partial charge in [0.05, 0.1) is 11.4 Å². The number of halogens is 1. The summed E-state index contributed by atoms with van der Waals surface area (Å²) in [6, 6.07) is 30.3. The maximum Gasteiger partial charge on any atom is 0.133 e. The highest BCUT2D eigenvalue weighted by Crippen LogP contribution is 2.34. The highest BCUT2D eigenvalue weighted by atomic mass is 127. The fourth-order valence-electron chi connectivity index (χ4n) is 4.50. The van der Waals surface area contributed by atoms with Gasteiger partial charge in [-0.15, -0.1) is 0 Å². The molecule has 0 aliphatic carbocycles. The van der Waals surface area contributed by atoms with Crippen molar-refractivity contribution >= 4 is 28.4 Å². The molecule has 0 spiro atoms. The summed E-state index contributed by atoms with van der Waals surface area (Å²) in [7, 11) is 0. The highest BCUT2D eigenvalue weighted by molar-refractivity contribution is 14.1. The van der Waals surface area contributed by atoms with E-state index in [1.165, 1.54) is 44.6 Å². The number of rotatable bonds is 5. The van der Waals surface area contributed by atoms with Crippen LogP contribution in [-0.4, -0.2) is 16.3 Å². The van der Waals surface area contributed by atoms with Gasteiger partial charge in [-0.05, 0) is 77.2 Å². The second-order valence-corrected chi connectivity index (χ2v) is 9.37. The zero-order chi connectivity index (χ0) is 21.0. The molecule has 0 unspecified atom stereocenters. The summed E-state index contributed by atoms with van der Waals surface area (Å²) in [5.41, 5.74) is 6.39. The molecule has 4 aromatic rings. The molecule has 0 saturated carbocycles. The zero-order valence-electron chi connectivity index (χ0n) is 17.5. The smallest absolute Gasteiger partial charge is 0.133 e. The standard InChI is InChI=1S/C27H26IN3/c28-22-14-16-23(17-15-22)31-27-24(13-7-8-18-29-27)26(30-31)19-25(20-9-3-1-4-10-20)21-11-5-2-6-12-21/h1-6,9-12,14-17,25,29H,7-8,13,18-19H2. The molecule has 4 heteroatoms. The Morgan fingerprint density at radius 3 is 2.13 bits per heavy atom. The molecule has 5 rings (SSSR count). The zero-order valence-corrected chi connectivity index (χ0v) is 19.6. The van der Waals surface area contributed by atoms with Gasteiger partial charge in [0, 0.05) is 28.0 Å². The third kappa shape index (κ3) is 4.40. The molecule has 0 amide bonds. The maximum atomic E-state index is 5.18. The van der Waals surface area contributed by atoms with Gasteiger partial charge in [0.25, 0.3) is 0 Å². The van der Waals surface area contributed by atoms with Crippen LogP contribution in [0.3, 0.4) is 0 Å². The van der Waals surface area contributed by atoms with Crippen LogP contribution in [0.2, 0.25) is 0 Å². The third-order valence-electron chi connectivity index (χ3n) is 6.09. The Hall–Kier alpha value is -2.60. The number of hydrogen-bond acceptors (Lipinski definition) is 2. The molecule has 0 bridgehead atoms. The van der Waals surface area contributed by atoms with Gasteiger partial charge < -0.3 is 5.32 Å². The summed E-state index contributed by atoms with van der Waals surface area (Å²) in [6.45, 7) is 1.00. The first-order chi connectivity index (χ1) is 15.3. The van der Waals surface area contributed by atoms with Crippen LogP contribution in [0.4, 0.5) is 5.82 Å². The molecule has 1 aliphatic rings. The number of benzene rings is 3. The van der Waals surface area contributed by atoms with Gasteiger partial charge in [0.2, 0.25) is 0 Å². The van der Waals surface area contributed by atoms with Gasteiger partial charge in [-0.25, -0.2) is 4.68 Å². The van der Waals surface area contributed by atoms with E-state index in [0.29, 0.717) is 0 Å². The minimum absolute atomic E-state index is 0.287. The Balaban J connectivity index is 1.59. The van der Waals surface area contributed by atoms with Crippen LogP contribution in [-0.2, 0) is 12.8 Å². The second kappa shape index (κ2) is 9.27. The Kier molecular flexibility index (Phi) is 6.07. The van der Waals surface area contributed by atoms with E-state index in [1.54, 1.807) is 0 Å². The van der Waals surface area contributed by atoms with Crippen molar-refractivity contribution in [3.05, 3.63) is 111 Å². The lowest BCUT2D eigenvalue weighted by Gasteiger charge is -2.18. The van der Waals surface area contributed by atoms with E-state index >= 15 is 0 Å². The maximum absolute atomic E-state index is 5.18. The van der Waals surface area contributed by atoms with Crippen LogP contribution < -0.4 is 5.32 Å². The Bertz CT molecular complexity index is 1100. The monoisotopic (exact) mass is 519 g/mol. The quantitative estimate of drug-likeness (QED) is 0.301. The predicted octanol–water partition coefficient (Wildman–Crippen LogP) is 6.60. The average Bonchev–Trinajstić information content (AvgIpc) is 2.98. The molecule has 0 radical (unpaired) electrons. The van der Waals surface area contributed by atoms with Crippen molar-refractivity contribution in [2.24, 2.45) is 0 Å². The van der Waals surface area contributed by atoms with Gasteiger partial charge in [0.1, 0.15) is 5.82 Å². The molecule has 1 aliphatic heterocycles. The average molecular weight is 519 g/mol. The number of nitrogens with zero attached hydrogens (tertiary/aromatic N) is 2. The molecule has 0 atom stereocenters. The first kappa shape index (κ1) is 20.3. The molecule has 2 heterocycles. The first-order valence-electron chi connectivity index (χ1n) is 11.0. The van der Waals surface area contributed by atoms with Gasteiger partial charge in [0.15, 0.2) is 0 Å². The normalized spacial score (nSPS) is 13.5. The van der Waals surface area contributed by atoms with E-state index in [1.807, 2.05) is 0 Å². The number of hydrogen-bond donors (Lipinski definition) is 1. The van der Waals surface area contributed by atoms with E-state index in [0.717, 1.165) is 25.1 Å². The van der Waals surface area contributed by atoms with E-state index < -0.39 is 0 Å². The van der Waals surface area contributed by atoms with Crippen molar-refractivity contribution in [1.29, 1.82) is 0 Å². The van der Waals surface area contributed by atoms with Crippen molar-refractivity contribution in [3.8, 4) is 5.69 Å². The number of nitrogens with one attached hydrogen (secondary N) is 1. The van der Waals surface area contributed by atoms with E-state index in [-0.39, 0.29) is 5.92 Å². The van der Waals surface area contributed by atoms with Crippen molar-refractivity contribution in [3.63, 3.8) is 0 Å². The van der Waals surface area contributed by atoms with Crippen LogP contribution in [0.1, 0.15) is 41.1 Å². The fraction of sp³-hybridized carbons (Fsp3) is 0.222. The van der Waals surface area contributed by atoms with Crippen LogP contribution in [0.15, 0.2) is 84.9 Å². The molecule has 156 valence electrons. The minimum Gasteiger partial charge on any atom is -0.370 e. The van der Waals surface area contributed by atoms with Crippen molar-refractivity contribution in [1.82, 2.24) is 9.78 Å². The number of fused-ring (bicyclic) bond motifs is 1. The third-order valence-corrected chi connectivity index (χ3v) is 6.80. The Morgan fingerprint density at radius 2 is 1.48 bits per heavy atom. The van der Waals surface area contributed by atoms with Gasteiger partial charge in [-0.1, -0.05) is 60.7 Å². The summed E-state index contributed by atoms with van der Waals surface area (Å²) in [5.74, 6) is 1.46. The molecule has 3 nitrogen and oxygen atoms in total. The number of aromatic nitrogens is 2. The molecular weight excluding hydrogens is 493 g/mol. The van der Waals surface area contributed by atoms with Gasteiger partial charge in [-0.2, -0.15) is 5.10 Å². The van der Waals surface area contributed by atoms with E-state index in [4.69, 9.17) is 5.10 Å². The summed E-state index contributed by atoms with van der Waals surface area (Å²) < 4.78 is 3.36. The van der Waals surface area contributed by atoms with E-state index in [2.05, 4.69) is 118 Å². The lowest BCUT2D eigenvalue weighted by molar-refractivity contribution is 0.727. The van der Waals surface area contributed by atoms with Crippen LogP contribution in [0.5, 0.6) is 0 Å². The molecule has 3 aromatic carbocycles. The van der Waals surface area contributed by atoms with Crippen molar-refractivity contribution in [2.75, 3.05) is 11.9 Å². The van der Waals surface area contributed by atoms with Crippen molar-refractivity contribution < 1.29 is 0 Å². The van der Waals surface area contributed by atoms with Crippen LogP contribution >= 0.6 is 22.6 Å². The highest BCUT2D eigenvalue weighted by Gasteiger charge is 2.24. The largest absolute Gasteiger partial charge is 0.370 e. The lowest BCUT2D eigenvalue weighted by Crippen LogP contribution is -2.08. The molecule has 1 N–H and O–H groups in total. The molecule has 1 aromatic heterocycles. The summed E-state index contributed by atoms with van der Waals surface area (Å²) in [6.07, 6.45) is 4.38. The van der Waals surface area contributed by atoms with E-state index in [9.17, 15) is 0 Å². The SMILES string of the molecule is Ic1ccc(-n2nc(CC(c3ccccc3)c3ccccc3)c3c2NCCCC3)cc1. The van der Waals surface area contributed by atoms with Crippen LogP contribution in [0, 0.1) is 3.57 Å². The predicted molar refractivity (Wildman–Crippen MR) is 136 cm³/mol. The van der Waals surface area contributed by atoms with Crippen LogP contribution in [0.25, 0.3) is 5.69 Å². The lowest BCUT2D eigenvalue weighted by atomic mass is 9.86. The minimum atomic E-state index is 0.287. The molecule has 31 heavy (non-hydrogen) atoms. The fourth-order valence-corrected chi connectivity index (χ4v) is 4.86. The summed E-state index contributed by atoms with van der Waals surface area (Å²) >= 11 is 2.35. The molecule has 0 saturated heterocycles. The first-order valence-corrected chi connectivity index (χ1v) is 12.1. The summed E-state index contributed by atoms with van der Waals surface area (Å²) in [4.78, 5) is 0. The molecule has 0 fully saturated rings. The second-order valence-electron chi connectivity index (χ2n) is 8.12. The summed E-state index contributed by atoms with van der Waals surface area (Å²) in [5, 5.41) is 8.85.